The van der Waals surface area contributed by atoms with Gasteiger partial charge in [0.2, 0.25) is 0 Å². The Balaban J connectivity index is 1.62. The molecule has 2 rings (SSSR count). The first-order chi connectivity index (χ1) is 12.7. The minimum Gasteiger partial charge on any atom is -0.450 e. The number of nitrogens with one attached hydrogen (secondary N) is 2. The van der Waals surface area contributed by atoms with Gasteiger partial charge in [0.15, 0.2) is 5.96 Å². The van der Waals surface area contributed by atoms with Gasteiger partial charge in [-0.3, -0.25) is 9.89 Å². The number of likely N-dealkylation sites (tertiary alicyclic amines) is 1. The van der Waals surface area contributed by atoms with Crippen molar-refractivity contribution in [1.82, 2.24) is 25.3 Å². The third kappa shape index (κ3) is 6.64. The molecule has 2 heterocycles. The zero-order chi connectivity index (χ0) is 18.8. The van der Waals surface area contributed by atoms with Crippen molar-refractivity contribution in [3.63, 3.8) is 0 Å². The molecule has 150 valence electrons. The minimum absolute atomic E-state index is 0.198. The summed E-state index contributed by atoms with van der Waals surface area (Å²) in [4.78, 5) is 22.9. The highest BCUT2D eigenvalue weighted by Gasteiger charge is 2.24. The molecule has 0 bridgehead atoms. The molecule has 2 N–H and O–H groups in total. The van der Waals surface area contributed by atoms with Gasteiger partial charge in [0.25, 0.3) is 0 Å². The molecule has 2 aliphatic rings. The van der Waals surface area contributed by atoms with Gasteiger partial charge in [-0.15, -0.1) is 0 Å². The van der Waals surface area contributed by atoms with Gasteiger partial charge >= 0.3 is 6.09 Å². The van der Waals surface area contributed by atoms with E-state index in [1.807, 2.05) is 14.0 Å². The van der Waals surface area contributed by atoms with Gasteiger partial charge in [-0.25, -0.2) is 4.79 Å². The van der Waals surface area contributed by atoms with Crippen LogP contribution in [0.5, 0.6) is 0 Å². The largest absolute Gasteiger partial charge is 0.450 e. The van der Waals surface area contributed by atoms with E-state index in [-0.39, 0.29) is 6.09 Å². The monoisotopic (exact) mass is 368 g/mol. The van der Waals surface area contributed by atoms with Crippen molar-refractivity contribution in [3.05, 3.63) is 0 Å². The second kappa shape index (κ2) is 11.2. The van der Waals surface area contributed by atoms with Crippen molar-refractivity contribution < 1.29 is 9.53 Å². The van der Waals surface area contributed by atoms with Gasteiger partial charge < -0.3 is 25.2 Å². The lowest BCUT2D eigenvalue weighted by molar-refractivity contribution is 0.0963. The van der Waals surface area contributed by atoms with Crippen LogP contribution in [0.3, 0.4) is 0 Å². The SMILES string of the molecule is CCOC(=O)N1CCC(NC(=NC)NCCN2CCN(CC)CC2)CC1. The molecule has 0 spiro atoms. The first-order valence-electron chi connectivity index (χ1n) is 9.99. The highest BCUT2D eigenvalue weighted by molar-refractivity contribution is 5.80. The van der Waals surface area contributed by atoms with E-state index in [9.17, 15) is 4.79 Å². The van der Waals surface area contributed by atoms with Crippen molar-refractivity contribution in [2.24, 2.45) is 4.99 Å². The number of rotatable bonds is 6. The van der Waals surface area contributed by atoms with Crippen molar-refractivity contribution in [3.8, 4) is 0 Å². The Labute approximate surface area is 157 Å². The van der Waals surface area contributed by atoms with E-state index in [0.717, 1.165) is 64.6 Å². The maximum atomic E-state index is 11.8. The summed E-state index contributed by atoms with van der Waals surface area (Å²) in [6.45, 7) is 13.7. The number of ether oxygens (including phenoxy) is 1. The average Bonchev–Trinajstić information content (AvgIpc) is 2.68. The highest BCUT2D eigenvalue weighted by Crippen LogP contribution is 2.11. The molecule has 2 fully saturated rings. The molecule has 2 saturated heterocycles. The number of carbonyl (C=O) groups excluding carboxylic acids is 1. The van der Waals surface area contributed by atoms with Crippen LogP contribution in [0, 0.1) is 0 Å². The lowest BCUT2D eigenvalue weighted by atomic mass is 10.1. The molecular formula is C18H36N6O2. The average molecular weight is 369 g/mol. The van der Waals surface area contributed by atoms with Crippen LogP contribution in [0.25, 0.3) is 0 Å². The summed E-state index contributed by atoms with van der Waals surface area (Å²) in [5.41, 5.74) is 0. The fourth-order valence-corrected chi connectivity index (χ4v) is 3.47. The molecule has 1 amide bonds. The Bertz CT molecular complexity index is 443. The molecule has 0 unspecified atom stereocenters. The molecule has 0 aromatic rings. The van der Waals surface area contributed by atoms with Crippen LogP contribution < -0.4 is 10.6 Å². The van der Waals surface area contributed by atoms with Crippen LogP contribution in [-0.4, -0.2) is 105 Å². The lowest BCUT2D eigenvalue weighted by Gasteiger charge is -2.34. The summed E-state index contributed by atoms with van der Waals surface area (Å²) in [7, 11) is 1.81. The zero-order valence-corrected chi connectivity index (χ0v) is 16.7. The first kappa shape index (κ1) is 20.8. The molecule has 0 aromatic heterocycles. The van der Waals surface area contributed by atoms with Crippen molar-refractivity contribution in [2.75, 3.05) is 72.6 Å². The Hall–Kier alpha value is -1.54. The predicted molar refractivity (Wildman–Crippen MR) is 105 cm³/mol. The number of hydrogen-bond donors (Lipinski definition) is 2. The third-order valence-electron chi connectivity index (χ3n) is 5.22. The summed E-state index contributed by atoms with van der Waals surface area (Å²) in [6.07, 6.45) is 1.63. The number of guanidine groups is 1. The predicted octanol–water partition coefficient (Wildman–Crippen LogP) is 0.410. The normalized spacial score (nSPS) is 20.9. The van der Waals surface area contributed by atoms with Crippen LogP contribution in [-0.2, 0) is 4.74 Å². The highest BCUT2D eigenvalue weighted by atomic mass is 16.6. The van der Waals surface area contributed by atoms with Crippen molar-refractivity contribution in [1.29, 1.82) is 0 Å². The maximum Gasteiger partial charge on any atom is 0.409 e. The number of carbonyl (C=O) groups is 1. The molecule has 0 saturated carbocycles. The zero-order valence-electron chi connectivity index (χ0n) is 16.7. The van der Waals surface area contributed by atoms with Gasteiger partial charge in [-0.05, 0) is 26.3 Å². The lowest BCUT2D eigenvalue weighted by Crippen LogP contribution is -2.52. The number of piperidine rings is 1. The molecular weight excluding hydrogens is 332 g/mol. The fraction of sp³-hybridized carbons (Fsp3) is 0.889. The number of aliphatic imine (C=N–C) groups is 1. The van der Waals surface area contributed by atoms with Crippen LogP contribution >= 0.6 is 0 Å². The Kier molecular flexibility index (Phi) is 8.97. The van der Waals surface area contributed by atoms with Gasteiger partial charge in [0.05, 0.1) is 6.61 Å². The smallest absolute Gasteiger partial charge is 0.409 e. The number of hydrogen-bond acceptors (Lipinski definition) is 5. The van der Waals surface area contributed by atoms with E-state index in [1.165, 1.54) is 13.1 Å². The maximum absolute atomic E-state index is 11.8. The molecule has 26 heavy (non-hydrogen) atoms. The van der Waals surface area contributed by atoms with E-state index in [4.69, 9.17) is 4.74 Å². The number of nitrogens with zero attached hydrogens (tertiary/aromatic N) is 4. The van der Waals surface area contributed by atoms with Crippen molar-refractivity contribution in [2.45, 2.75) is 32.7 Å². The Morgan fingerprint density at radius 1 is 1.08 bits per heavy atom. The van der Waals surface area contributed by atoms with Gasteiger partial charge in [-0.1, -0.05) is 6.92 Å². The Morgan fingerprint density at radius 3 is 2.31 bits per heavy atom. The quantitative estimate of drug-likeness (QED) is 0.523. The van der Waals surface area contributed by atoms with E-state index >= 15 is 0 Å². The van der Waals surface area contributed by atoms with Gasteiger partial charge in [0.1, 0.15) is 0 Å². The number of likely N-dealkylation sites (N-methyl/N-ethyl adjacent to an activating group) is 1. The molecule has 0 radical (unpaired) electrons. The Morgan fingerprint density at radius 2 is 1.73 bits per heavy atom. The second-order valence-corrected chi connectivity index (χ2v) is 6.88. The summed E-state index contributed by atoms with van der Waals surface area (Å²) in [5.74, 6) is 0.853. The van der Waals surface area contributed by atoms with Gasteiger partial charge in [-0.2, -0.15) is 0 Å². The summed E-state index contributed by atoms with van der Waals surface area (Å²) < 4.78 is 5.07. The van der Waals surface area contributed by atoms with Crippen LogP contribution in [0.4, 0.5) is 4.79 Å². The topological polar surface area (TPSA) is 72.4 Å². The molecule has 0 aliphatic carbocycles. The number of amides is 1. The second-order valence-electron chi connectivity index (χ2n) is 6.88. The van der Waals surface area contributed by atoms with Crippen LogP contribution in [0.2, 0.25) is 0 Å². The molecule has 0 atom stereocenters. The summed E-state index contributed by atoms with van der Waals surface area (Å²) in [6, 6.07) is 0.347. The third-order valence-corrected chi connectivity index (χ3v) is 5.22. The van der Waals surface area contributed by atoms with Gasteiger partial charge in [0, 0.05) is 65.4 Å². The van der Waals surface area contributed by atoms with E-state index < -0.39 is 0 Å². The van der Waals surface area contributed by atoms with E-state index in [0.29, 0.717) is 12.6 Å². The standard InChI is InChI=1S/C18H36N6O2/c1-4-22-12-14-23(15-13-22)11-8-20-17(19-3)21-16-6-9-24(10-7-16)18(25)26-5-2/h16H,4-15H2,1-3H3,(H2,19,20,21). The molecule has 8 nitrogen and oxygen atoms in total. The summed E-state index contributed by atoms with van der Waals surface area (Å²) >= 11 is 0. The first-order valence-corrected chi connectivity index (χ1v) is 9.99. The number of piperazine rings is 1. The van der Waals surface area contributed by atoms with E-state index in [2.05, 4.69) is 32.3 Å². The molecule has 8 heteroatoms. The van der Waals surface area contributed by atoms with Crippen LogP contribution in [0.1, 0.15) is 26.7 Å². The summed E-state index contributed by atoms with van der Waals surface area (Å²) in [5, 5.41) is 6.91. The van der Waals surface area contributed by atoms with Crippen LogP contribution in [0.15, 0.2) is 4.99 Å². The van der Waals surface area contributed by atoms with Crippen molar-refractivity contribution >= 4 is 12.1 Å². The van der Waals surface area contributed by atoms with E-state index in [1.54, 1.807) is 4.90 Å². The molecule has 2 aliphatic heterocycles. The minimum atomic E-state index is -0.198. The fourth-order valence-electron chi connectivity index (χ4n) is 3.47. The molecule has 0 aromatic carbocycles.